The van der Waals surface area contributed by atoms with Gasteiger partial charge in [-0.3, -0.25) is 4.79 Å². The number of amides is 1. The van der Waals surface area contributed by atoms with Crippen LogP contribution in [-0.2, 0) is 4.79 Å². The van der Waals surface area contributed by atoms with Gasteiger partial charge in [-0.15, -0.1) is 0 Å². The topological polar surface area (TPSA) is 41.1 Å². The lowest BCUT2D eigenvalue weighted by atomic mass is 9.92. The molecule has 0 aliphatic carbocycles. The first-order valence-corrected chi connectivity index (χ1v) is 7.44. The van der Waals surface area contributed by atoms with Gasteiger partial charge in [0.2, 0.25) is 5.91 Å². The summed E-state index contributed by atoms with van der Waals surface area (Å²) < 4.78 is 1.19. The third-order valence-electron chi connectivity index (χ3n) is 3.44. The highest BCUT2D eigenvalue weighted by Gasteiger charge is 2.24. The summed E-state index contributed by atoms with van der Waals surface area (Å²) in [6, 6.07) is 6.53. The van der Waals surface area contributed by atoms with Crippen LogP contribution in [0.3, 0.4) is 0 Å². The molecule has 1 aromatic carbocycles. The predicted molar refractivity (Wildman–Crippen MR) is 82.7 cm³/mol. The molecule has 0 saturated carbocycles. The van der Waals surface area contributed by atoms with Crippen LogP contribution in [0.15, 0.2) is 18.2 Å². The minimum atomic E-state index is 0.139. The summed E-state index contributed by atoms with van der Waals surface area (Å²) in [5.74, 6) is 0.299. The molecule has 0 radical (unpaired) electrons. The Morgan fingerprint density at radius 2 is 2.28 bits per heavy atom. The van der Waals surface area contributed by atoms with Gasteiger partial charge in [0, 0.05) is 21.2 Å². The Bertz CT molecular complexity index is 447. The molecule has 1 amide bonds. The Kier molecular flexibility index (Phi) is 4.61. The van der Waals surface area contributed by atoms with Crippen molar-refractivity contribution in [2.45, 2.75) is 32.7 Å². The molecule has 3 nitrogen and oxygen atoms in total. The van der Waals surface area contributed by atoms with Crippen LogP contribution in [0.2, 0.25) is 0 Å². The summed E-state index contributed by atoms with van der Waals surface area (Å²) in [6.45, 7) is 5.10. The van der Waals surface area contributed by atoms with Crippen molar-refractivity contribution in [1.82, 2.24) is 5.32 Å². The van der Waals surface area contributed by atoms with E-state index in [1.807, 2.05) is 19.1 Å². The van der Waals surface area contributed by atoms with Crippen LogP contribution in [0, 0.1) is 16.4 Å². The second-order valence-electron chi connectivity index (χ2n) is 5.02. The van der Waals surface area contributed by atoms with E-state index in [0.29, 0.717) is 6.04 Å². The highest BCUT2D eigenvalue weighted by molar-refractivity contribution is 14.1. The number of nitrogens with one attached hydrogen (secondary N) is 2. The smallest absolute Gasteiger partial charge is 0.227 e. The zero-order chi connectivity index (χ0) is 13.1. The number of rotatable bonds is 2. The first-order valence-electron chi connectivity index (χ1n) is 6.36. The minimum absolute atomic E-state index is 0.139. The molecule has 0 spiro atoms. The SMILES string of the molecule is Cc1cc(I)ccc1NC(=O)[C@H]1CCN[C@@H](C)C1. The second kappa shape index (κ2) is 6.02. The van der Waals surface area contributed by atoms with E-state index in [0.717, 1.165) is 30.6 Å². The molecule has 1 saturated heterocycles. The largest absolute Gasteiger partial charge is 0.326 e. The quantitative estimate of drug-likeness (QED) is 0.799. The third kappa shape index (κ3) is 3.45. The van der Waals surface area contributed by atoms with Gasteiger partial charge in [-0.1, -0.05) is 0 Å². The van der Waals surface area contributed by atoms with Gasteiger partial charge in [-0.25, -0.2) is 0 Å². The van der Waals surface area contributed by atoms with Crippen molar-refractivity contribution in [3.63, 3.8) is 0 Å². The van der Waals surface area contributed by atoms with Gasteiger partial charge in [-0.05, 0) is 79.6 Å². The molecule has 1 aromatic rings. The molecule has 0 aromatic heterocycles. The Morgan fingerprint density at radius 1 is 1.50 bits per heavy atom. The number of aryl methyl sites for hydroxylation is 1. The number of benzene rings is 1. The van der Waals surface area contributed by atoms with Crippen LogP contribution in [0.1, 0.15) is 25.3 Å². The third-order valence-corrected chi connectivity index (χ3v) is 4.11. The molecule has 1 aliphatic rings. The zero-order valence-corrected chi connectivity index (χ0v) is 13.0. The first-order chi connectivity index (χ1) is 8.56. The fourth-order valence-corrected chi connectivity index (χ4v) is 3.02. The Balaban J connectivity index is 2.02. The number of hydrogen-bond donors (Lipinski definition) is 2. The molecule has 1 heterocycles. The molecule has 1 fully saturated rings. The standard InChI is InChI=1S/C14H19IN2O/c1-9-7-12(15)3-4-13(9)17-14(18)11-5-6-16-10(2)8-11/h3-4,7,10-11,16H,5-6,8H2,1-2H3,(H,17,18)/t10-,11-/m0/s1. The summed E-state index contributed by atoms with van der Waals surface area (Å²) in [7, 11) is 0. The van der Waals surface area contributed by atoms with Gasteiger partial charge in [0.05, 0.1) is 0 Å². The van der Waals surface area contributed by atoms with E-state index >= 15 is 0 Å². The van der Waals surface area contributed by atoms with Crippen LogP contribution in [0.25, 0.3) is 0 Å². The Labute approximate surface area is 122 Å². The van der Waals surface area contributed by atoms with E-state index < -0.39 is 0 Å². The van der Waals surface area contributed by atoms with Crippen molar-refractivity contribution in [1.29, 1.82) is 0 Å². The van der Waals surface area contributed by atoms with E-state index in [1.165, 1.54) is 3.57 Å². The molecule has 0 bridgehead atoms. The maximum absolute atomic E-state index is 12.2. The molecular weight excluding hydrogens is 339 g/mol. The van der Waals surface area contributed by atoms with E-state index in [4.69, 9.17) is 0 Å². The number of hydrogen-bond acceptors (Lipinski definition) is 2. The molecule has 2 atom stereocenters. The van der Waals surface area contributed by atoms with Crippen molar-refractivity contribution in [2.75, 3.05) is 11.9 Å². The van der Waals surface area contributed by atoms with E-state index in [2.05, 4.69) is 46.2 Å². The summed E-state index contributed by atoms with van der Waals surface area (Å²) in [4.78, 5) is 12.2. The van der Waals surface area contributed by atoms with Crippen molar-refractivity contribution in [2.24, 2.45) is 5.92 Å². The second-order valence-corrected chi connectivity index (χ2v) is 6.27. The lowest BCUT2D eigenvalue weighted by Gasteiger charge is -2.27. The summed E-state index contributed by atoms with van der Waals surface area (Å²) >= 11 is 2.28. The number of carbonyl (C=O) groups excluding carboxylic acids is 1. The van der Waals surface area contributed by atoms with E-state index in [1.54, 1.807) is 0 Å². The normalized spacial score (nSPS) is 23.7. The van der Waals surface area contributed by atoms with Crippen LogP contribution < -0.4 is 10.6 Å². The molecular formula is C14H19IN2O. The first kappa shape index (κ1) is 13.8. The number of carbonyl (C=O) groups is 1. The van der Waals surface area contributed by atoms with Gasteiger partial charge in [0.15, 0.2) is 0 Å². The molecule has 2 N–H and O–H groups in total. The number of piperidine rings is 1. The maximum atomic E-state index is 12.2. The van der Waals surface area contributed by atoms with Crippen molar-refractivity contribution in [3.05, 3.63) is 27.3 Å². The van der Waals surface area contributed by atoms with Gasteiger partial charge < -0.3 is 10.6 Å². The van der Waals surface area contributed by atoms with Crippen LogP contribution in [-0.4, -0.2) is 18.5 Å². The van der Waals surface area contributed by atoms with E-state index in [-0.39, 0.29) is 11.8 Å². The average Bonchev–Trinajstić information content (AvgIpc) is 2.32. The predicted octanol–water partition coefficient (Wildman–Crippen LogP) is 2.93. The molecule has 18 heavy (non-hydrogen) atoms. The van der Waals surface area contributed by atoms with Crippen LogP contribution in [0.5, 0.6) is 0 Å². The molecule has 98 valence electrons. The van der Waals surface area contributed by atoms with Crippen molar-refractivity contribution < 1.29 is 4.79 Å². The summed E-state index contributed by atoms with van der Waals surface area (Å²) in [6.07, 6.45) is 1.86. The summed E-state index contributed by atoms with van der Waals surface area (Å²) in [5, 5.41) is 6.43. The molecule has 1 aliphatic heterocycles. The number of halogens is 1. The monoisotopic (exact) mass is 358 g/mol. The Morgan fingerprint density at radius 3 is 2.94 bits per heavy atom. The minimum Gasteiger partial charge on any atom is -0.326 e. The lowest BCUT2D eigenvalue weighted by Crippen LogP contribution is -2.40. The molecule has 0 unspecified atom stereocenters. The Hall–Kier alpha value is -0.620. The van der Waals surface area contributed by atoms with Gasteiger partial charge in [-0.2, -0.15) is 0 Å². The van der Waals surface area contributed by atoms with Crippen LogP contribution in [0.4, 0.5) is 5.69 Å². The maximum Gasteiger partial charge on any atom is 0.227 e. The highest BCUT2D eigenvalue weighted by Crippen LogP contribution is 2.21. The fraction of sp³-hybridized carbons (Fsp3) is 0.500. The van der Waals surface area contributed by atoms with Gasteiger partial charge in [0.1, 0.15) is 0 Å². The van der Waals surface area contributed by atoms with Crippen molar-refractivity contribution >= 4 is 34.2 Å². The zero-order valence-electron chi connectivity index (χ0n) is 10.8. The molecule has 2 rings (SSSR count). The van der Waals surface area contributed by atoms with Gasteiger partial charge >= 0.3 is 0 Å². The lowest BCUT2D eigenvalue weighted by molar-refractivity contribution is -0.120. The fourth-order valence-electron chi connectivity index (χ4n) is 2.37. The molecule has 4 heteroatoms. The van der Waals surface area contributed by atoms with E-state index in [9.17, 15) is 4.79 Å². The van der Waals surface area contributed by atoms with Gasteiger partial charge in [0.25, 0.3) is 0 Å². The summed E-state index contributed by atoms with van der Waals surface area (Å²) in [5.41, 5.74) is 2.06. The number of anilines is 1. The highest BCUT2D eigenvalue weighted by atomic mass is 127. The van der Waals surface area contributed by atoms with Crippen molar-refractivity contribution in [3.8, 4) is 0 Å². The van der Waals surface area contributed by atoms with Crippen LogP contribution >= 0.6 is 22.6 Å². The average molecular weight is 358 g/mol.